The Kier molecular flexibility index (Phi) is 5.40. The van der Waals surface area contributed by atoms with Gasteiger partial charge in [0.2, 0.25) is 0 Å². The minimum atomic E-state index is 0.0306. The molecule has 17 rings (SSSR count). The zero-order valence-electron chi connectivity index (χ0n) is 33.6. The molecule has 6 nitrogen and oxygen atoms in total. The van der Waals surface area contributed by atoms with Gasteiger partial charge in [-0.2, -0.15) is 0 Å². The molecule has 0 spiro atoms. The molecule has 0 aromatic heterocycles. The minimum absolute atomic E-state index is 0.0306. The maximum absolute atomic E-state index is 6.67. The quantitative estimate of drug-likeness (QED) is 0.151. The van der Waals surface area contributed by atoms with Crippen LogP contribution in [-0.2, 0) is 0 Å². The molecular formula is C54H29B3N4O2. The lowest BCUT2D eigenvalue weighted by atomic mass is 9.27. The van der Waals surface area contributed by atoms with Crippen molar-refractivity contribution >= 4 is 138 Å². The second-order valence-electron chi connectivity index (χ2n) is 17.9. The van der Waals surface area contributed by atoms with Crippen LogP contribution in [0.1, 0.15) is 0 Å². The van der Waals surface area contributed by atoms with E-state index in [1.54, 1.807) is 0 Å². The van der Waals surface area contributed by atoms with Crippen LogP contribution in [0.2, 0.25) is 0 Å². The molecule has 8 aliphatic heterocycles. The van der Waals surface area contributed by atoms with E-state index in [0.29, 0.717) is 0 Å². The van der Waals surface area contributed by atoms with E-state index in [4.69, 9.17) is 9.47 Å². The van der Waals surface area contributed by atoms with Gasteiger partial charge in [0.05, 0.1) is 22.7 Å². The summed E-state index contributed by atoms with van der Waals surface area (Å²) in [5.41, 5.74) is 26.3. The predicted molar refractivity (Wildman–Crippen MR) is 259 cm³/mol. The van der Waals surface area contributed by atoms with Crippen molar-refractivity contribution < 1.29 is 9.47 Å². The zero-order chi connectivity index (χ0) is 40.4. The number of para-hydroxylation sites is 8. The van der Waals surface area contributed by atoms with E-state index in [0.717, 1.165) is 45.7 Å². The average molecular weight is 798 g/mol. The van der Waals surface area contributed by atoms with Crippen LogP contribution < -0.4 is 78.2 Å². The summed E-state index contributed by atoms with van der Waals surface area (Å²) < 4.78 is 13.3. The predicted octanol–water partition coefficient (Wildman–Crippen LogP) is 7.21. The fraction of sp³-hybridized carbons (Fsp3) is 0. The smallest absolute Gasteiger partial charge is 0.252 e. The van der Waals surface area contributed by atoms with Crippen LogP contribution in [0.25, 0.3) is 0 Å². The summed E-state index contributed by atoms with van der Waals surface area (Å²) in [7, 11) is 0. The zero-order valence-corrected chi connectivity index (χ0v) is 33.6. The second-order valence-corrected chi connectivity index (χ2v) is 17.9. The summed E-state index contributed by atoms with van der Waals surface area (Å²) in [5, 5.41) is 0. The number of hydrogen-bond acceptors (Lipinski definition) is 6. The Morgan fingerprint density at radius 1 is 0.238 bits per heavy atom. The minimum Gasteiger partial charge on any atom is -0.453 e. The normalized spacial score (nSPS) is 15.3. The average Bonchev–Trinajstić information content (AvgIpc) is 3.33. The summed E-state index contributed by atoms with van der Waals surface area (Å²) in [4.78, 5) is 10.1. The molecule has 0 atom stereocenters. The Labute approximate surface area is 364 Å². The number of anilines is 12. The SMILES string of the molecule is c1ccc2c(c1)Oc1cccc3c1N2c1cccc2c1B3c1cccc3c1N2c1cccc2c1B3c1cccc3c1N2c1cccc2c1B3c1cccc3c1N2c1ccccc1O3. The van der Waals surface area contributed by atoms with Gasteiger partial charge in [0.1, 0.15) is 0 Å². The fourth-order valence-electron chi connectivity index (χ4n) is 13.1. The van der Waals surface area contributed by atoms with Gasteiger partial charge in [-0.15, -0.1) is 0 Å². The largest absolute Gasteiger partial charge is 0.453 e. The monoisotopic (exact) mass is 798 g/mol. The first-order valence-electron chi connectivity index (χ1n) is 22.0. The molecular weight excluding hydrogens is 769 g/mol. The molecule has 0 N–H and O–H groups in total. The van der Waals surface area contributed by atoms with E-state index in [1.807, 2.05) is 0 Å². The molecule has 8 aliphatic rings. The summed E-state index contributed by atoms with van der Waals surface area (Å²) in [5.74, 6) is 3.55. The number of rotatable bonds is 0. The molecule has 63 heavy (non-hydrogen) atoms. The molecule has 0 unspecified atom stereocenters. The van der Waals surface area contributed by atoms with Crippen LogP contribution in [-0.4, -0.2) is 20.1 Å². The van der Waals surface area contributed by atoms with Gasteiger partial charge in [-0.1, -0.05) is 103 Å². The van der Waals surface area contributed by atoms with Crippen molar-refractivity contribution in [2.75, 3.05) is 19.6 Å². The van der Waals surface area contributed by atoms with E-state index in [1.165, 1.54) is 94.7 Å². The molecule has 286 valence electrons. The number of hydrogen-bond donors (Lipinski definition) is 0. The summed E-state index contributed by atoms with van der Waals surface area (Å²) >= 11 is 0. The lowest BCUT2D eigenvalue weighted by Crippen LogP contribution is -2.70. The van der Waals surface area contributed by atoms with Gasteiger partial charge in [0.25, 0.3) is 20.1 Å². The van der Waals surface area contributed by atoms with Gasteiger partial charge in [-0.25, -0.2) is 0 Å². The van der Waals surface area contributed by atoms with Crippen LogP contribution in [0.5, 0.6) is 23.0 Å². The second kappa shape index (κ2) is 10.7. The first kappa shape index (κ1) is 31.8. The van der Waals surface area contributed by atoms with E-state index in [9.17, 15) is 0 Å². The van der Waals surface area contributed by atoms with Crippen molar-refractivity contribution in [3.63, 3.8) is 0 Å². The van der Waals surface area contributed by atoms with Gasteiger partial charge in [-0.05, 0) is 122 Å². The van der Waals surface area contributed by atoms with Crippen LogP contribution in [0.3, 0.4) is 0 Å². The maximum Gasteiger partial charge on any atom is 0.252 e. The lowest BCUT2D eigenvalue weighted by Gasteiger charge is -2.52. The fourth-order valence-corrected chi connectivity index (χ4v) is 13.1. The number of fused-ring (bicyclic) bond motifs is 16. The highest BCUT2D eigenvalue weighted by Gasteiger charge is 2.54. The van der Waals surface area contributed by atoms with Crippen molar-refractivity contribution in [3.8, 4) is 23.0 Å². The molecule has 9 heteroatoms. The van der Waals surface area contributed by atoms with Crippen molar-refractivity contribution in [1.82, 2.24) is 0 Å². The van der Waals surface area contributed by atoms with Gasteiger partial charge >= 0.3 is 0 Å². The molecule has 0 fully saturated rings. The van der Waals surface area contributed by atoms with Gasteiger partial charge < -0.3 is 29.1 Å². The van der Waals surface area contributed by atoms with Crippen molar-refractivity contribution in [2.45, 2.75) is 0 Å². The molecule has 8 heterocycles. The van der Waals surface area contributed by atoms with Gasteiger partial charge in [-0.3, -0.25) is 0 Å². The first-order valence-corrected chi connectivity index (χ1v) is 22.0. The van der Waals surface area contributed by atoms with Crippen LogP contribution in [0.4, 0.5) is 68.2 Å². The van der Waals surface area contributed by atoms with E-state index < -0.39 is 0 Å². The Morgan fingerprint density at radius 3 is 0.857 bits per heavy atom. The molecule has 9 aromatic rings. The summed E-state index contributed by atoms with van der Waals surface area (Å²) in [6, 6.07) is 65.2. The Morgan fingerprint density at radius 2 is 0.492 bits per heavy atom. The third-order valence-corrected chi connectivity index (χ3v) is 15.2. The van der Waals surface area contributed by atoms with E-state index >= 15 is 0 Å². The highest BCUT2D eigenvalue weighted by atomic mass is 16.5. The lowest BCUT2D eigenvalue weighted by molar-refractivity contribution is 0.477. The third-order valence-electron chi connectivity index (χ3n) is 15.2. The molecule has 9 aromatic carbocycles. The number of ether oxygens (including phenoxy) is 2. The third kappa shape index (κ3) is 3.50. The van der Waals surface area contributed by atoms with Crippen LogP contribution in [0, 0.1) is 0 Å². The van der Waals surface area contributed by atoms with E-state index in [2.05, 4.69) is 196 Å². The molecule has 0 radical (unpaired) electrons. The first-order chi connectivity index (χ1) is 31.3. The standard InChI is InChI=1S/C54H29B3N4O2/c1-3-26-44-36(18-1)58-38-20-9-22-40-48(38)56(34-16-7-28-46(62-44)53(34)58)32-14-5-12-30-51(32)60(40)42-24-11-25-43-50(42)55(30)31-13-6-15-33-52(31)61(43)41-23-10-21-39-49(41)57(33)35-17-8-29-47-54(35)59(39)37-19-2-4-27-45(37)63-47/h1-29H. The number of benzene rings is 9. The Hall–Kier alpha value is -8.03. The Bertz CT molecular complexity index is 3450. The van der Waals surface area contributed by atoms with E-state index in [-0.39, 0.29) is 20.1 Å². The summed E-state index contributed by atoms with van der Waals surface area (Å²) in [6.07, 6.45) is 0. The topological polar surface area (TPSA) is 31.4 Å². The molecule has 0 amide bonds. The van der Waals surface area contributed by atoms with Crippen molar-refractivity contribution in [1.29, 1.82) is 0 Å². The molecule has 0 aliphatic carbocycles. The number of nitrogens with zero attached hydrogens (tertiary/aromatic N) is 4. The molecule has 0 bridgehead atoms. The van der Waals surface area contributed by atoms with Crippen molar-refractivity contribution in [2.24, 2.45) is 0 Å². The van der Waals surface area contributed by atoms with Crippen LogP contribution in [0.15, 0.2) is 176 Å². The highest BCUT2D eigenvalue weighted by Crippen LogP contribution is 2.55. The van der Waals surface area contributed by atoms with Crippen LogP contribution >= 0.6 is 0 Å². The maximum atomic E-state index is 6.67. The van der Waals surface area contributed by atoms with Gasteiger partial charge in [0.15, 0.2) is 23.0 Å². The highest BCUT2D eigenvalue weighted by molar-refractivity contribution is 7.06. The molecule has 0 saturated carbocycles. The molecule has 0 saturated heterocycles. The van der Waals surface area contributed by atoms with Gasteiger partial charge in [0, 0.05) is 45.5 Å². The van der Waals surface area contributed by atoms with Crippen molar-refractivity contribution in [3.05, 3.63) is 176 Å². The summed E-state index contributed by atoms with van der Waals surface area (Å²) in [6.45, 7) is 0.0937. The Balaban J connectivity index is 0.949.